The van der Waals surface area contributed by atoms with Crippen LogP contribution >= 0.6 is 0 Å². The highest BCUT2D eigenvalue weighted by atomic mass is 16.5. The number of piperidine rings is 1. The zero-order valence-electron chi connectivity index (χ0n) is 18.0. The third-order valence-corrected chi connectivity index (χ3v) is 5.88. The fraction of sp³-hybridized carbons (Fsp3) is 0.292. The van der Waals surface area contributed by atoms with Gasteiger partial charge in [0.15, 0.2) is 22.9 Å². The van der Waals surface area contributed by atoms with Crippen LogP contribution in [0.3, 0.4) is 0 Å². The Morgan fingerprint density at radius 1 is 1.12 bits per heavy atom. The van der Waals surface area contributed by atoms with Crippen molar-refractivity contribution in [1.29, 1.82) is 0 Å². The van der Waals surface area contributed by atoms with E-state index in [9.17, 15) is 4.79 Å². The fourth-order valence-corrected chi connectivity index (χ4v) is 4.28. The maximum atomic E-state index is 13.0. The number of fused-ring (bicyclic) bond motifs is 3. The molecule has 2 aromatic carbocycles. The molecule has 4 aromatic rings. The lowest BCUT2D eigenvalue weighted by Crippen LogP contribution is -2.41. The number of carbonyl (C=O) groups is 1. The first-order valence-electron chi connectivity index (χ1n) is 10.6. The van der Waals surface area contributed by atoms with Crippen LogP contribution in [-0.4, -0.2) is 43.2 Å². The van der Waals surface area contributed by atoms with Crippen molar-refractivity contribution in [2.24, 2.45) is 5.92 Å². The normalized spacial score (nSPS) is 16.3. The summed E-state index contributed by atoms with van der Waals surface area (Å²) >= 11 is 0. The van der Waals surface area contributed by atoms with E-state index in [4.69, 9.17) is 13.9 Å². The Balaban J connectivity index is 1.37. The molecule has 1 aliphatic rings. The average Bonchev–Trinajstić information content (AvgIpc) is 3.23. The second-order valence-corrected chi connectivity index (χ2v) is 7.82. The Hall–Kier alpha value is -3.81. The summed E-state index contributed by atoms with van der Waals surface area (Å²) in [6, 6.07) is 13.2. The van der Waals surface area contributed by atoms with E-state index in [2.05, 4.69) is 20.2 Å². The predicted molar refractivity (Wildman–Crippen MR) is 122 cm³/mol. The standard InChI is InChI=1S/C24H24N4O4/c1-30-19-10-9-16(12-20(19)31-2)27-24(29)15-6-5-11-28(13-15)23-22-21(25-14-26-23)17-7-3-4-8-18(17)32-22/h3-4,7-10,12,14-15H,5-6,11,13H2,1-2H3,(H,27,29). The van der Waals surface area contributed by atoms with Crippen molar-refractivity contribution in [3.8, 4) is 11.5 Å². The van der Waals surface area contributed by atoms with Gasteiger partial charge >= 0.3 is 0 Å². The Morgan fingerprint density at radius 2 is 1.97 bits per heavy atom. The molecule has 8 heteroatoms. The zero-order valence-corrected chi connectivity index (χ0v) is 18.0. The Morgan fingerprint density at radius 3 is 2.81 bits per heavy atom. The second kappa shape index (κ2) is 8.37. The van der Waals surface area contributed by atoms with Crippen LogP contribution in [-0.2, 0) is 4.79 Å². The molecule has 0 radical (unpaired) electrons. The average molecular weight is 432 g/mol. The van der Waals surface area contributed by atoms with Crippen LogP contribution < -0.4 is 19.7 Å². The van der Waals surface area contributed by atoms with Gasteiger partial charge < -0.3 is 24.1 Å². The molecular formula is C24H24N4O4. The number of nitrogens with zero attached hydrogens (tertiary/aromatic N) is 3. The van der Waals surface area contributed by atoms with Gasteiger partial charge in [-0.2, -0.15) is 0 Å². The van der Waals surface area contributed by atoms with Crippen LogP contribution in [0.25, 0.3) is 22.1 Å². The Labute approximate surface area is 185 Å². The monoisotopic (exact) mass is 432 g/mol. The molecule has 1 N–H and O–H groups in total. The van der Waals surface area contributed by atoms with Crippen molar-refractivity contribution in [2.75, 3.05) is 37.5 Å². The lowest BCUT2D eigenvalue weighted by Gasteiger charge is -2.32. The number of para-hydroxylation sites is 1. The second-order valence-electron chi connectivity index (χ2n) is 7.82. The summed E-state index contributed by atoms with van der Waals surface area (Å²) in [6.45, 7) is 1.37. The molecule has 8 nitrogen and oxygen atoms in total. The maximum Gasteiger partial charge on any atom is 0.229 e. The number of rotatable bonds is 5. The first-order valence-corrected chi connectivity index (χ1v) is 10.6. The van der Waals surface area contributed by atoms with Crippen LogP contribution in [0.1, 0.15) is 12.8 Å². The van der Waals surface area contributed by atoms with Gasteiger partial charge in [-0.1, -0.05) is 12.1 Å². The minimum atomic E-state index is -0.175. The number of methoxy groups -OCH3 is 2. The summed E-state index contributed by atoms with van der Waals surface area (Å²) in [5.41, 5.74) is 2.91. The van der Waals surface area contributed by atoms with Gasteiger partial charge in [0.05, 0.1) is 20.1 Å². The van der Waals surface area contributed by atoms with Gasteiger partial charge in [0.25, 0.3) is 0 Å². The predicted octanol–water partition coefficient (Wildman–Crippen LogP) is 4.25. The van der Waals surface area contributed by atoms with Crippen molar-refractivity contribution < 1.29 is 18.7 Å². The molecule has 1 aliphatic heterocycles. The van der Waals surface area contributed by atoms with Crippen LogP contribution in [0.5, 0.6) is 11.5 Å². The van der Waals surface area contributed by atoms with E-state index in [0.29, 0.717) is 29.3 Å². The van der Waals surface area contributed by atoms with Crippen molar-refractivity contribution >= 4 is 39.5 Å². The summed E-state index contributed by atoms with van der Waals surface area (Å²) in [5.74, 6) is 1.72. The van der Waals surface area contributed by atoms with Crippen molar-refractivity contribution in [3.05, 3.63) is 48.8 Å². The summed E-state index contributed by atoms with van der Waals surface area (Å²) < 4.78 is 16.7. The van der Waals surface area contributed by atoms with Crippen LogP contribution in [0.2, 0.25) is 0 Å². The number of nitrogens with one attached hydrogen (secondary N) is 1. The highest BCUT2D eigenvalue weighted by Gasteiger charge is 2.29. The molecular weight excluding hydrogens is 408 g/mol. The molecule has 32 heavy (non-hydrogen) atoms. The number of carbonyl (C=O) groups excluding carboxylic acids is 1. The molecule has 3 heterocycles. The van der Waals surface area contributed by atoms with Crippen LogP contribution in [0, 0.1) is 5.92 Å². The number of amides is 1. The molecule has 1 saturated heterocycles. The highest BCUT2D eigenvalue weighted by molar-refractivity contribution is 6.05. The van der Waals surface area contributed by atoms with E-state index >= 15 is 0 Å². The first-order chi connectivity index (χ1) is 15.7. The van der Waals surface area contributed by atoms with Gasteiger partial charge in [0, 0.05) is 30.2 Å². The fourth-order valence-electron chi connectivity index (χ4n) is 4.28. The van der Waals surface area contributed by atoms with Crippen molar-refractivity contribution in [1.82, 2.24) is 9.97 Å². The van der Waals surface area contributed by atoms with E-state index in [1.807, 2.05) is 30.3 Å². The Kier molecular flexibility index (Phi) is 5.26. The summed E-state index contributed by atoms with van der Waals surface area (Å²) in [7, 11) is 3.15. The number of anilines is 2. The minimum absolute atomic E-state index is 0.0307. The summed E-state index contributed by atoms with van der Waals surface area (Å²) in [4.78, 5) is 24.1. The molecule has 1 atom stereocenters. The van der Waals surface area contributed by atoms with E-state index in [0.717, 1.165) is 41.7 Å². The van der Waals surface area contributed by atoms with Crippen LogP contribution in [0.15, 0.2) is 53.2 Å². The number of hydrogen-bond donors (Lipinski definition) is 1. The van der Waals surface area contributed by atoms with E-state index in [-0.39, 0.29) is 11.8 Å². The summed E-state index contributed by atoms with van der Waals surface area (Å²) in [6.07, 6.45) is 3.26. The van der Waals surface area contributed by atoms with E-state index < -0.39 is 0 Å². The van der Waals surface area contributed by atoms with Gasteiger partial charge in [-0.3, -0.25) is 4.79 Å². The first kappa shape index (κ1) is 20.1. The smallest absolute Gasteiger partial charge is 0.229 e. The summed E-state index contributed by atoms with van der Waals surface area (Å²) in [5, 5.41) is 3.97. The molecule has 1 unspecified atom stereocenters. The van der Waals surface area contributed by atoms with Gasteiger partial charge in [-0.25, -0.2) is 9.97 Å². The van der Waals surface area contributed by atoms with Crippen molar-refractivity contribution in [2.45, 2.75) is 12.8 Å². The number of hydrogen-bond acceptors (Lipinski definition) is 7. The molecule has 2 aromatic heterocycles. The quantitative estimate of drug-likeness (QED) is 0.504. The molecule has 0 bridgehead atoms. The van der Waals surface area contributed by atoms with E-state index in [1.165, 1.54) is 0 Å². The maximum absolute atomic E-state index is 13.0. The molecule has 1 amide bonds. The highest BCUT2D eigenvalue weighted by Crippen LogP contribution is 2.34. The minimum Gasteiger partial charge on any atom is -0.493 e. The topological polar surface area (TPSA) is 89.7 Å². The van der Waals surface area contributed by atoms with E-state index in [1.54, 1.807) is 32.7 Å². The molecule has 0 spiro atoms. The number of ether oxygens (including phenoxy) is 2. The molecule has 0 saturated carbocycles. The largest absolute Gasteiger partial charge is 0.493 e. The third kappa shape index (κ3) is 3.57. The zero-order chi connectivity index (χ0) is 22.1. The SMILES string of the molecule is COc1ccc(NC(=O)C2CCCN(c3ncnc4c3oc3ccccc34)C2)cc1OC. The third-order valence-electron chi connectivity index (χ3n) is 5.88. The van der Waals surface area contributed by atoms with Crippen LogP contribution in [0.4, 0.5) is 11.5 Å². The number of benzene rings is 2. The van der Waals surface area contributed by atoms with Gasteiger partial charge in [-0.15, -0.1) is 0 Å². The number of furan rings is 1. The number of aromatic nitrogens is 2. The van der Waals surface area contributed by atoms with Gasteiger partial charge in [0.1, 0.15) is 17.4 Å². The van der Waals surface area contributed by atoms with Gasteiger partial charge in [0.2, 0.25) is 5.91 Å². The molecule has 1 fully saturated rings. The van der Waals surface area contributed by atoms with Gasteiger partial charge in [-0.05, 0) is 37.1 Å². The molecule has 0 aliphatic carbocycles. The lowest BCUT2D eigenvalue weighted by atomic mass is 9.97. The molecule has 5 rings (SSSR count). The molecule has 164 valence electrons. The lowest BCUT2D eigenvalue weighted by molar-refractivity contribution is -0.120. The van der Waals surface area contributed by atoms with Crippen molar-refractivity contribution in [3.63, 3.8) is 0 Å². The Bertz CT molecular complexity index is 1290.